The van der Waals surface area contributed by atoms with Gasteiger partial charge in [0.1, 0.15) is 4.47 Å². The number of nitrogens with zero attached hydrogens (tertiary/aromatic N) is 1. The molecule has 0 aliphatic heterocycles. The van der Waals surface area contributed by atoms with E-state index in [0.29, 0.717) is 6.07 Å². The Bertz CT molecular complexity index is 399. The summed E-state index contributed by atoms with van der Waals surface area (Å²) in [5.41, 5.74) is -0.549. The van der Waals surface area contributed by atoms with Crippen LogP contribution in [0.15, 0.2) is 16.6 Å². The van der Waals surface area contributed by atoms with Crippen molar-refractivity contribution in [1.29, 1.82) is 0 Å². The highest BCUT2D eigenvalue weighted by Gasteiger charge is 2.22. The fourth-order valence-electron chi connectivity index (χ4n) is 0.860. The molecule has 0 bridgehead atoms. The van der Waals surface area contributed by atoms with Crippen LogP contribution in [-0.2, 0) is 0 Å². The van der Waals surface area contributed by atoms with Crippen molar-refractivity contribution in [3.05, 3.63) is 32.5 Å². The lowest BCUT2D eigenvalue weighted by molar-refractivity contribution is -0.385. The molecule has 1 aromatic carbocycles. The van der Waals surface area contributed by atoms with Gasteiger partial charge in [-0.05, 0) is 22.0 Å². The standard InChI is InChI=1S/C7H3BrF3NO3/c8-5-4(12(13)14)2-1-3(9)6(5)15-7(10)11/h1-2,7H. The predicted octanol–water partition coefficient (Wildman–Crippen LogP) is 3.10. The molecule has 0 unspecified atom stereocenters. The van der Waals surface area contributed by atoms with Crippen molar-refractivity contribution in [1.82, 2.24) is 0 Å². The van der Waals surface area contributed by atoms with Crippen LogP contribution in [0.5, 0.6) is 5.75 Å². The Morgan fingerprint density at radius 2 is 2.07 bits per heavy atom. The number of hydrogen-bond acceptors (Lipinski definition) is 3. The first-order valence-electron chi connectivity index (χ1n) is 3.50. The summed E-state index contributed by atoms with van der Waals surface area (Å²) >= 11 is 2.62. The van der Waals surface area contributed by atoms with E-state index in [1.54, 1.807) is 0 Å². The summed E-state index contributed by atoms with van der Waals surface area (Å²) in [7, 11) is 0. The Kier molecular flexibility index (Phi) is 3.51. The number of halogens is 4. The lowest BCUT2D eigenvalue weighted by Crippen LogP contribution is -2.05. The van der Waals surface area contributed by atoms with Crippen LogP contribution in [0.25, 0.3) is 0 Å². The minimum atomic E-state index is -3.25. The normalized spacial score (nSPS) is 10.5. The fraction of sp³-hybridized carbons (Fsp3) is 0.143. The van der Waals surface area contributed by atoms with E-state index in [0.717, 1.165) is 6.07 Å². The van der Waals surface area contributed by atoms with Crippen LogP contribution >= 0.6 is 15.9 Å². The van der Waals surface area contributed by atoms with E-state index in [2.05, 4.69) is 20.7 Å². The van der Waals surface area contributed by atoms with E-state index >= 15 is 0 Å². The number of nitro groups is 1. The van der Waals surface area contributed by atoms with Crippen molar-refractivity contribution in [2.24, 2.45) is 0 Å². The van der Waals surface area contributed by atoms with Crippen LogP contribution in [0.4, 0.5) is 18.9 Å². The first-order valence-corrected chi connectivity index (χ1v) is 4.30. The van der Waals surface area contributed by atoms with E-state index < -0.39 is 33.3 Å². The van der Waals surface area contributed by atoms with E-state index in [4.69, 9.17) is 0 Å². The van der Waals surface area contributed by atoms with E-state index in [1.807, 2.05) is 0 Å². The van der Waals surface area contributed by atoms with Gasteiger partial charge in [-0.2, -0.15) is 8.78 Å². The van der Waals surface area contributed by atoms with Gasteiger partial charge in [0.25, 0.3) is 5.69 Å². The fourth-order valence-corrected chi connectivity index (χ4v) is 1.42. The summed E-state index contributed by atoms with van der Waals surface area (Å²) in [6, 6.07) is 1.53. The Hall–Kier alpha value is -1.31. The molecule has 0 aliphatic rings. The van der Waals surface area contributed by atoms with Crippen molar-refractivity contribution in [3.63, 3.8) is 0 Å². The van der Waals surface area contributed by atoms with Gasteiger partial charge in [0.05, 0.1) is 4.92 Å². The molecule has 4 nitrogen and oxygen atoms in total. The second kappa shape index (κ2) is 4.47. The van der Waals surface area contributed by atoms with Gasteiger partial charge >= 0.3 is 6.61 Å². The number of benzene rings is 1. The molecule has 1 aromatic rings. The Morgan fingerprint density at radius 3 is 2.53 bits per heavy atom. The van der Waals surface area contributed by atoms with Crippen LogP contribution in [0.1, 0.15) is 0 Å². The molecular weight excluding hydrogens is 283 g/mol. The Balaban J connectivity index is 3.24. The minimum absolute atomic E-state index is 0.451. The Morgan fingerprint density at radius 1 is 1.47 bits per heavy atom. The highest BCUT2D eigenvalue weighted by Crippen LogP contribution is 2.36. The van der Waals surface area contributed by atoms with Crippen LogP contribution in [0, 0.1) is 15.9 Å². The van der Waals surface area contributed by atoms with Gasteiger partial charge in [-0.1, -0.05) is 0 Å². The third-order valence-electron chi connectivity index (χ3n) is 1.43. The molecule has 0 atom stereocenters. The maximum absolute atomic E-state index is 12.9. The molecule has 0 fully saturated rings. The molecule has 0 amide bonds. The number of ether oxygens (including phenoxy) is 1. The molecule has 0 aromatic heterocycles. The first-order chi connectivity index (χ1) is 6.93. The van der Waals surface area contributed by atoms with Crippen molar-refractivity contribution in [2.75, 3.05) is 0 Å². The summed E-state index contributed by atoms with van der Waals surface area (Å²) < 4.78 is 40.0. The molecule has 1 rings (SSSR count). The number of alkyl halides is 2. The van der Waals surface area contributed by atoms with Gasteiger partial charge in [-0.15, -0.1) is 0 Å². The molecule has 0 heterocycles. The molecule has 0 N–H and O–H groups in total. The molecule has 0 radical (unpaired) electrons. The van der Waals surface area contributed by atoms with Gasteiger partial charge in [0.15, 0.2) is 11.6 Å². The second-order valence-electron chi connectivity index (χ2n) is 2.35. The minimum Gasteiger partial charge on any atom is -0.430 e. The monoisotopic (exact) mass is 285 g/mol. The summed E-state index contributed by atoms with van der Waals surface area (Å²) in [5, 5.41) is 10.4. The zero-order valence-corrected chi connectivity index (χ0v) is 8.50. The zero-order valence-electron chi connectivity index (χ0n) is 6.92. The van der Waals surface area contributed by atoms with Crippen LogP contribution in [-0.4, -0.2) is 11.5 Å². The third kappa shape index (κ3) is 2.58. The highest BCUT2D eigenvalue weighted by molar-refractivity contribution is 9.10. The summed E-state index contributed by atoms with van der Waals surface area (Å²) in [4.78, 5) is 9.54. The summed E-state index contributed by atoms with van der Waals surface area (Å²) in [5.74, 6) is -1.98. The number of nitro benzene ring substituents is 1. The van der Waals surface area contributed by atoms with Crippen molar-refractivity contribution in [3.8, 4) is 5.75 Å². The van der Waals surface area contributed by atoms with E-state index in [1.165, 1.54) is 0 Å². The average Bonchev–Trinajstić information content (AvgIpc) is 2.11. The van der Waals surface area contributed by atoms with E-state index in [9.17, 15) is 23.3 Å². The van der Waals surface area contributed by atoms with Crippen molar-refractivity contribution in [2.45, 2.75) is 6.61 Å². The largest absolute Gasteiger partial charge is 0.430 e. The maximum Gasteiger partial charge on any atom is 0.387 e. The van der Waals surface area contributed by atoms with Crippen molar-refractivity contribution >= 4 is 21.6 Å². The van der Waals surface area contributed by atoms with Crippen LogP contribution in [0.3, 0.4) is 0 Å². The molecule has 0 aliphatic carbocycles. The number of hydrogen-bond donors (Lipinski definition) is 0. The van der Waals surface area contributed by atoms with Gasteiger partial charge in [-0.25, -0.2) is 4.39 Å². The molecule has 0 spiro atoms. The van der Waals surface area contributed by atoms with Crippen LogP contribution in [0.2, 0.25) is 0 Å². The molecule has 15 heavy (non-hydrogen) atoms. The zero-order chi connectivity index (χ0) is 11.6. The van der Waals surface area contributed by atoms with Crippen LogP contribution < -0.4 is 4.74 Å². The molecular formula is C7H3BrF3NO3. The van der Waals surface area contributed by atoms with Gasteiger partial charge in [-0.3, -0.25) is 10.1 Å². The van der Waals surface area contributed by atoms with Gasteiger partial charge < -0.3 is 4.74 Å². The third-order valence-corrected chi connectivity index (χ3v) is 2.20. The lowest BCUT2D eigenvalue weighted by atomic mass is 10.3. The van der Waals surface area contributed by atoms with Crippen molar-refractivity contribution < 1.29 is 22.8 Å². The molecule has 0 saturated carbocycles. The predicted molar refractivity (Wildman–Crippen MR) is 47.4 cm³/mol. The van der Waals surface area contributed by atoms with Gasteiger partial charge in [0.2, 0.25) is 0 Å². The van der Waals surface area contributed by atoms with E-state index in [-0.39, 0.29) is 0 Å². The summed E-state index contributed by atoms with van der Waals surface area (Å²) in [6.45, 7) is -3.25. The number of rotatable bonds is 3. The Labute approximate surface area is 89.9 Å². The second-order valence-corrected chi connectivity index (χ2v) is 3.14. The average molecular weight is 286 g/mol. The SMILES string of the molecule is O=[N+]([O-])c1ccc(F)c(OC(F)F)c1Br. The molecule has 82 valence electrons. The topological polar surface area (TPSA) is 52.4 Å². The smallest absolute Gasteiger partial charge is 0.387 e. The molecule has 8 heteroatoms. The highest BCUT2D eigenvalue weighted by atomic mass is 79.9. The summed E-state index contributed by atoms with van der Waals surface area (Å²) in [6.07, 6.45) is 0. The molecule has 0 saturated heterocycles. The van der Waals surface area contributed by atoms with Gasteiger partial charge in [0, 0.05) is 6.07 Å². The maximum atomic E-state index is 12.9. The first kappa shape index (κ1) is 11.8. The quantitative estimate of drug-likeness (QED) is 0.633. The lowest BCUT2D eigenvalue weighted by Gasteiger charge is -2.07.